The molecule has 0 amide bonds. The van der Waals surface area contributed by atoms with Gasteiger partial charge in [-0.05, 0) is 50.6 Å². The summed E-state index contributed by atoms with van der Waals surface area (Å²) >= 11 is 6.22. The predicted octanol–water partition coefficient (Wildman–Crippen LogP) is 4.49. The molecule has 0 radical (unpaired) electrons. The molecule has 0 heterocycles. The van der Waals surface area contributed by atoms with Gasteiger partial charge < -0.3 is 24.3 Å². The monoisotopic (exact) mass is 393 g/mol. The van der Waals surface area contributed by atoms with Crippen molar-refractivity contribution in [2.24, 2.45) is 0 Å². The van der Waals surface area contributed by atoms with Gasteiger partial charge in [-0.15, -0.1) is 0 Å². The number of hydrogen-bond acceptors (Lipinski definition) is 5. The van der Waals surface area contributed by atoms with E-state index in [0.717, 1.165) is 35.8 Å². The molecule has 2 rings (SSSR count). The Labute approximate surface area is 166 Å². The maximum Gasteiger partial charge on any atom is 0.166 e. The smallest absolute Gasteiger partial charge is 0.166 e. The van der Waals surface area contributed by atoms with Crippen LogP contribution < -0.4 is 24.3 Å². The Kier molecular flexibility index (Phi) is 8.07. The molecule has 2 aromatic rings. The fourth-order valence-corrected chi connectivity index (χ4v) is 3.00. The van der Waals surface area contributed by atoms with Crippen molar-refractivity contribution in [2.75, 3.05) is 27.9 Å². The lowest BCUT2D eigenvalue weighted by Gasteiger charge is -2.18. The first-order valence-electron chi connectivity index (χ1n) is 8.93. The highest BCUT2D eigenvalue weighted by Gasteiger charge is 2.14. The van der Waals surface area contributed by atoms with E-state index in [-0.39, 0.29) is 6.10 Å². The Balaban J connectivity index is 2.01. The molecule has 0 fully saturated rings. The maximum atomic E-state index is 6.22. The quantitative estimate of drug-likeness (QED) is 0.603. The second-order valence-electron chi connectivity index (χ2n) is 6.38. The molecule has 0 aliphatic rings. The fraction of sp³-hybridized carbons (Fsp3) is 0.429. The molecule has 0 aliphatic heterocycles. The third kappa shape index (κ3) is 5.94. The molecule has 0 bridgehead atoms. The lowest BCUT2D eigenvalue weighted by atomic mass is 10.1. The summed E-state index contributed by atoms with van der Waals surface area (Å²) < 4.78 is 22.0. The van der Waals surface area contributed by atoms with Gasteiger partial charge in [-0.25, -0.2) is 0 Å². The number of methoxy groups -OCH3 is 3. The highest BCUT2D eigenvalue weighted by molar-refractivity contribution is 6.30. The highest BCUT2D eigenvalue weighted by Crippen LogP contribution is 2.35. The van der Waals surface area contributed by atoms with E-state index in [9.17, 15) is 0 Å². The van der Waals surface area contributed by atoms with E-state index in [2.05, 4.69) is 5.32 Å². The summed E-state index contributed by atoms with van der Waals surface area (Å²) in [5.74, 6) is 2.85. The van der Waals surface area contributed by atoms with Gasteiger partial charge in [0, 0.05) is 23.2 Å². The highest BCUT2D eigenvalue weighted by atomic mass is 35.5. The Morgan fingerprint density at radius 2 is 1.63 bits per heavy atom. The summed E-state index contributed by atoms with van der Waals surface area (Å²) in [6.45, 7) is 5.41. The van der Waals surface area contributed by atoms with Crippen molar-refractivity contribution in [2.45, 2.75) is 32.9 Å². The average molecular weight is 394 g/mol. The second kappa shape index (κ2) is 10.3. The normalized spacial score (nSPS) is 10.8. The molecule has 27 heavy (non-hydrogen) atoms. The Bertz CT molecular complexity index is 749. The average Bonchev–Trinajstić information content (AvgIpc) is 2.66. The van der Waals surface area contributed by atoms with Crippen LogP contribution in [0.25, 0.3) is 0 Å². The standard InChI is InChI=1S/C21H28ClNO4/c1-14(2)27-21-16(11-17(22)12-20(21)26-5)13-23-9-8-15-6-7-18(24-3)19(10-15)25-4/h6-7,10-12,14,23H,8-9,13H2,1-5H3. The molecular weight excluding hydrogens is 366 g/mol. The molecule has 0 aromatic heterocycles. The molecule has 2 aromatic carbocycles. The molecule has 6 heteroatoms. The van der Waals surface area contributed by atoms with Crippen molar-refractivity contribution >= 4 is 11.6 Å². The van der Waals surface area contributed by atoms with E-state index in [1.165, 1.54) is 5.56 Å². The zero-order valence-corrected chi connectivity index (χ0v) is 17.4. The summed E-state index contributed by atoms with van der Waals surface area (Å²) in [6.07, 6.45) is 0.906. The van der Waals surface area contributed by atoms with Gasteiger partial charge in [0.15, 0.2) is 23.0 Å². The van der Waals surface area contributed by atoms with Gasteiger partial charge in [0.25, 0.3) is 0 Å². The van der Waals surface area contributed by atoms with Gasteiger partial charge in [0.05, 0.1) is 27.4 Å². The van der Waals surface area contributed by atoms with E-state index in [0.29, 0.717) is 17.3 Å². The number of benzene rings is 2. The number of hydrogen-bond donors (Lipinski definition) is 1. The van der Waals surface area contributed by atoms with Crippen molar-refractivity contribution in [3.63, 3.8) is 0 Å². The van der Waals surface area contributed by atoms with Crippen LogP contribution in [0.5, 0.6) is 23.0 Å². The molecule has 0 saturated heterocycles. The van der Waals surface area contributed by atoms with E-state index in [4.69, 9.17) is 30.5 Å². The van der Waals surface area contributed by atoms with Crippen LogP contribution in [0.1, 0.15) is 25.0 Å². The first-order valence-corrected chi connectivity index (χ1v) is 9.31. The zero-order valence-electron chi connectivity index (χ0n) is 16.6. The predicted molar refractivity (Wildman–Crippen MR) is 109 cm³/mol. The van der Waals surface area contributed by atoms with Gasteiger partial charge in [-0.2, -0.15) is 0 Å². The molecule has 0 unspecified atom stereocenters. The van der Waals surface area contributed by atoms with Gasteiger partial charge in [0.1, 0.15) is 0 Å². The zero-order chi connectivity index (χ0) is 19.8. The van der Waals surface area contributed by atoms with Crippen LogP contribution in [-0.4, -0.2) is 34.0 Å². The largest absolute Gasteiger partial charge is 0.493 e. The second-order valence-corrected chi connectivity index (χ2v) is 6.82. The third-order valence-electron chi connectivity index (χ3n) is 4.02. The summed E-state index contributed by atoms with van der Waals surface area (Å²) in [5, 5.41) is 4.07. The van der Waals surface area contributed by atoms with Gasteiger partial charge in [0.2, 0.25) is 0 Å². The van der Waals surface area contributed by atoms with Crippen molar-refractivity contribution in [3.8, 4) is 23.0 Å². The van der Waals surface area contributed by atoms with Gasteiger partial charge in [-0.3, -0.25) is 0 Å². The number of halogens is 1. The van der Waals surface area contributed by atoms with E-state index >= 15 is 0 Å². The lowest BCUT2D eigenvalue weighted by Crippen LogP contribution is -2.18. The minimum Gasteiger partial charge on any atom is -0.493 e. The SMILES string of the molecule is COc1ccc(CCNCc2cc(Cl)cc(OC)c2OC(C)C)cc1OC. The summed E-state index contributed by atoms with van der Waals surface area (Å²) in [5.41, 5.74) is 2.14. The Morgan fingerprint density at radius 3 is 2.26 bits per heavy atom. The molecule has 0 spiro atoms. The number of ether oxygens (including phenoxy) is 4. The molecular formula is C21H28ClNO4. The molecule has 148 valence electrons. The topological polar surface area (TPSA) is 49.0 Å². The molecule has 0 aliphatic carbocycles. The van der Waals surface area contributed by atoms with E-state index in [1.54, 1.807) is 27.4 Å². The maximum absolute atomic E-state index is 6.22. The Hall–Kier alpha value is -2.11. The molecule has 5 nitrogen and oxygen atoms in total. The number of nitrogens with one attached hydrogen (secondary N) is 1. The van der Waals surface area contributed by atoms with Crippen LogP contribution >= 0.6 is 11.6 Å². The summed E-state index contributed by atoms with van der Waals surface area (Å²) in [6, 6.07) is 9.64. The minimum absolute atomic E-state index is 0.0468. The van der Waals surface area contributed by atoms with Crippen LogP contribution in [0.15, 0.2) is 30.3 Å². The third-order valence-corrected chi connectivity index (χ3v) is 4.24. The first kappa shape index (κ1) is 21.2. The van der Waals surface area contributed by atoms with Crippen LogP contribution in [0.2, 0.25) is 5.02 Å². The van der Waals surface area contributed by atoms with Crippen molar-refractivity contribution in [1.29, 1.82) is 0 Å². The van der Waals surface area contributed by atoms with Crippen molar-refractivity contribution < 1.29 is 18.9 Å². The summed E-state index contributed by atoms with van der Waals surface area (Å²) in [4.78, 5) is 0. The van der Waals surface area contributed by atoms with Gasteiger partial charge in [-0.1, -0.05) is 17.7 Å². The van der Waals surface area contributed by atoms with Crippen LogP contribution in [0.3, 0.4) is 0 Å². The molecule has 1 N–H and O–H groups in total. The first-order chi connectivity index (χ1) is 13.0. The number of rotatable bonds is 10. The van der Waals surface area contributed by atoms with Crippen LogP contribution in [0, 0.1) is 0 Å². The van der Waals surface area contributed by atoms with Crippen molar-refractivity contribution in [1.82, 2.24) is 5.32 Å². The Morgan fingerprint density at radius 1 is 0.926 bits per heavy atom. The van der Waals surface area contributed by atoms with E-state index < -0.39 is 0 Å². The van der Waals surface area contributed by atoms with Crippen LogP contribution in [-0.2, 0) is 13.0 Å². The molecule has 0 saturated carbocycles. The van der Waals surface area contributed by atoms with E-state index in [1.807, 2.05) is 38.1 Å². The summed E-state index contributed by atoms with van der Waals surface area (Å²) in [7, 11) is 4.89. The minimum atomic E-state index is 0.0468. The van der Waals surface area contributed by atoms with Crippen LogP contribution in [0.4, 0.5) is 0 Å². The van der Waals surface area contributed by atoms with Gasteiger partial charge >= 0.3 is 0 Å². The molecule has 0 atom stereocenters. The lowest BCUT2D eigenvalue weighted by molar-refractivity contribution is 0.227. The fourth-order valence-electron chi connectivity index (χ4n) is 2.77. The van der Waals surface area contributed by atoms with Crippen molar-refractivity contribution in [3.05, 3.63) is 46.5 Å².